The minimum atomic E-state index is -0.865. The van der Waals surface area contributed by atoms with E-state index in [0.29, 0.717) is 0 Å². The highest BCUT2D eigenvalue weighted by molar-refractivity contribution is 5.94. The molecule has 0 saturated carbocycles. The number of fused-ring (bicyclic) bond motifs is 1. The number of carbonyl (C=O) groups excluding carboxylic acids is 2. The maximum absolute atomic E-state index is 12.5. The molecule has 0 spiro atoms. The number of amides is 1. The minimum absolute atomic E-state index is 0.0455. The van der Waals surface area contributed by atoms with Crippen LogP contribution in [0, 0.1) is 5.92 Å². The highest BCUT2D eigenvalue weighted by Crippen LogP contribution is 2.09. The second-order valence-corrected chi connectivity index (χ2v) is 7.16. The van der Waals surface area contributed by atoms with Gasteiger partial charge >= 0.3 is 11.7 Å². The molecule has 1 atom stereocenters. The van der Waals surface area contributed by atoms with Crippen LogP contribution in [0.4, 0.5) is 0 Å². The first kappa shape index (κ1) is 21.1. The molecule has 0 radical (unpaired) electrons. The van der Waals surface area contributed by atoms with E-state index in [2.05, 4.69) is 10.3 Å². The first-order valence-electron chi connectivity index (χ1n) is 9.34. The number of ether oxygens (including phenoxy) is 1. The fraction of sp³-hybridized carbons (Fsp3) is 0.421. The Balaban J connectivity index is 1.69. The normalized spacial score (nSPS) is 12.3. The van der Waals surface area contributed by atoms with Crippen molar-refractivity contribution in [2.24, 2.45) is 20.0 Å². The van der Waals surface area contributed by atoms with Crippen molar-refractivity contribution in [3.05, 3.63) is 51.3 Å². The average Bonchev–Trinajstić information content (AvgIpc) is 3.38. The van der Waals surface area contributed by atoms with E-state index in [1.54, 1.807) is 19.9 Å². The second kappa shape index (κ2) is 8.39. The third-order valence-corrected chi connectivity index (χ3v) is 4.75. The van der Waals surface area contributed by atoms with Gasteiger partial charge in [0.1, 0.15) is 12.6 Å². The lowest BCUT2D eigenvalue weighted by atomic mass is 10.0. The number of nitrogens with one attached hydrogen (secondary N) is 1. The molecule has 1 amide bonds. The summed E-state index contributed by atoms with van der Waals surface area (Å²) in [4.78, 5) is 53.2. The van der Waals surface area contributed by atoms with Gasteiger partial charge in [-0.3, -0.25) is 18.7 Å². The van der Waals surface area contributed by atoms with Gasteiger partial charge in [-0.2, -0.15) is 0 Å². The molecule has 0 bridgehead atoms. The zero-order valence-corrected chi connectivity index (χ0v) is 17.1. The Kier molecular flexibility index (Phi) is 5.90. The Morgan fingerprint density at radius 2 is 1.97 bits per heavy atom. The quantitative estimate of drug-likeness (QED) is 0.537. The van der Waals surface area contributed by atoms with Crippen molar-refractivity contribution in [1.82, 2.24) is 24.0 Å². The highest BCUT2D eigenvalue weighted by atomic mass is 16.5. The molecule has 0 fully saturated rings. The molecular weight excluding hydrogens is 394 g/mol. The molecule has 3 heterocycles. The van der Waals surface area contributed by atoms with Gasteiger partial charge < -0.3 is 19.0 Å². The molecule has 0 saturated heterocycles. The number of imidazole rings is 1. The Hall–Kier alpha value is -3.63. The number of hydrogen-bond acceptors (Lipinski definition) is 7. The molecule has 11 nitrogen and oxygen atoms in total. The van der Waals surface area contributed by atoms with Crippen LogP contribution in [0.3, 0.4) is 0 Å². The van der Waals surface area contributed by atoms with Gasteiger partial charge in [0.25, 0.3) is 11.5 Å². The number of carbonyl (C=O) groups is 2. The second-order valence-electron chi connectivity index (χ2n) is 7.16. The molecule has 3 rings (SSSR count). The summed E-state index contributed by atoms with van der Waals surface area (Å²) in [5, 5.41) is 2.60. The van der Waals surface area contributed by atoms with Crippen molar-refractivity contribution >= 4 is 23.0 Å². The molecule has 3 aromatic rings. The van der Waals surface area contributed by atoms with Gasteiger partial charge in [-0.05, 0) is 18.1 Å². The van der Waals surface area contributed by atoms with E-state index >= 15 is 0 Å². The zero-order valence-electron chi connectivity index (χ0n) is 17.1. The van der Waals surface area contributed by atoms with E-state index in [0.717, 1.165) is 4.57 Å². The summed E-state index contributed by atoms with van der Waals surface area (Å²) in [5.74, 6) is -1.23. The fourth-order valence-electron chi connectivity index (χ4n) is 3.02. The smallest absolute Gasteiger partial charge is 0.332 e. The SMILES string of the molecule is CC(C)C(NC(=O)c1ccco1)C(=O)OCCn1cnc2c1c(=O)n(C)c(=O)n2C. The van der Waals surface area contributed by atoms with Crippen LogP contribution in [0.5, 0.6) is 0 Å². The third-order valence-electron chi connectivity index (χ3n) is 4.75. The number of rotatable bonds is 7. The molecule has 1 unspecified atom stereocenters. The third kappa shape index (κ3) is 3.91. The van der Waals surface area contributed by atoms with Crippen molar-refractivity contribution in [1.29, 1.82) is 0 Å². The average molecular weight is 417 g/mol. The predicted molar refractivity (Wildman–Crippen MR) is 106 cm³/mol. The molecule has 0 aliphatic rings. The van der Waals surface area contributed by atoms with Gasteiger partial charge in [0.2, 0.25) is 0 Å². The number of aromatic nitrogens is 4. The van der Waals surface area contributed by atoms with E-state index < -0.39 is 29.2 Å². The Morgan fingerprint density at radius 1 is 1.23 bits per heavy atom. The van der Waals surface area contributed by atoms with Crippen LogP contribution in [0.15, 0.2) is 38.7 Å². The summed E-state index contributed by atoms with van der Waals surface area (Å²) < 4.78 is 14.1. The van der Waals surface area contributed by atoms with Crippen LogP contribution in [0.2, 0.25) is 0 Å². The van der Waals surface area contributed by atoms with Gasteiger partial charge in [0, 0.05) is 14.1 Å². The number of furan rings is 1. The number of esters is 1. The van der Waals surface area contributed by atoms with Crippen LogP contribution in [-0.2, 0) is 30.2 Å². The Morgan fingerprint density at radius 3 is 2.60 bits per heavy atom. The largest absolute Gasteiger partial charge is 0.462 e. The van der Waals surface area contributed by atoms with Gasteiger partial charge in [-0.1, -0.05) is 13.8 Å². The van der Waals surface area contributed by atoms with Crippen molar-refractivity contribution in [3.63, 3.8) is 0 Å². The van der Waals surface area contributed by atoms with Crippen LogP contribution >= 0.6 is 0 Å². The summed E-state index contributed by atoms with van der Waals surface area (Å²) in [6.45, 7) is 3.67. The number of aryl methyl sites for hydroxylation is 1. The molecular formula is C19H23N5O6. The molecule has 1 N–H and O–H groups in total. The molecule has 0 aliphatic carbocycles. The van der Waals surface area contributed by atoms with E-state index in [4.69, 9.17) is 9.15 Å². The number of nitrogens with zero attached hydrogens (tertiary/aromatic N) is 4. The summed E-state index contributed by atoms with van der Waals surface area (Å²) >= 11 is 0. The van der Waals surface area contributed by atoms with Gasteiger partial charge in [0.05, 0.1) is 19.1 Å². The van der Waals surface area contributed by atoms with Crippen molar-refractivity contribution in [2.75, 3.05) is 6.61 Å². The standard InChI is InChI=1S/C19H23N5O6/c1-11(2)13(21-16(25)12-6-5-8-29-12)18(27)30-9-7-24-10-20-15-14(24)17(26)23(4)19(28)22(15)3/h5-6,8,10-11,13H,7,9H2,1-4H3,(H,21,25). The number of hydrogen-bond donors (Lipinski definition) is 1. The van der Waals surface area contributed by atoms with Crippen molar-refractivity contribution in [2.45, 2.75) is 26.4 Å². The molecule has 30 heavy (non-hydrogen) atoms. The maximum Gasteiger partial charge on any atom is 0.332 e. The fourth-order valence-corrected chi connectivity index (χ4v) is 3.02. The molecule has 0 aliphatic heterocycles. The first-order valence-corrected chi connectivity index (χ1v) is 9.34. The predicted octanol–water partition coefficient (Wildman–Crippen LogP) is 0.0245. The van der Waals surface area contributed by atoms with Crippen molar-refractivity contribution < 1.29 is 18.7 Å². The molecule has 3 aromatic heterocycles. The topological polar surface area (TPSA) is 130 Å². The van der Waals surface area contributed by atoms with Crippen LogP contribution < -0.4 is 16.6 Å². The monoisotopic (exact) mass is 417 g/mol. The van der Waals surface area contributed by atoms with Crippen LogP contribution in [-0.4, -0.2) is 43.2 Å². The van der Waals surface area contributed by atoms with Crippen LogP contribution in [0.1, 0.15) is 24.4 Å². The lowest BCUT2D eigenvalue weighted by Gasteiger charge is -2.20. The Bertz CT molecular complexity index is 1180. The summed E-state index contributed by atoms with van der Waals surface area (Å²) in [5.41, 5.74) is -0.471. The first-order chi connectivity index (χ1) is 14.2. The molecule has 0 aromatic carbocycles. The zero-order chi connectivity index (χ0) is 22.0. The van der Waals surface area contributed by atoms with E-state index in [1.165, 1.54) is 41.9 Å². The van der Waals surface area contributed by atoms with Crippen LogP contribution in [0.25, 0.3) is 11.2 Å². The van der Waals surface area contributed by atoms with E-state index in [9.17, 15) is 19.2 Å². The van der Waals surface area contributed by atoms with Gasteiger partial charge in [0.15, 0.2) is 16.9 Å². The molecule has 11 heteroatoms. The maximum atomic E-state index is 12.5. The lowest BCUT2D eigenvalue weighted by Crippen LogP contribution is -2.45. The van der Waals surface area contributed by atoms with E-state index in [-0.39, 0.29) is 36.0 Å². The van der Waals surface area contributed by atoms with Gasteiger partial charge in [-0.15, -0.1) is 0 Å². The highest BCUT2D eigenvalue weighted by Gasteiger charge is 2.27. The summed E-state index contributed by atoms with van der Waals surface area (Å²) in [6.07, 6.45) is 2.78. The minimum Gasteiger partial charge on any atom is -0.462 e. The lowest BCUT2D eigenvalue weighted by molar-refractivity contribution is -0.147. The summed E-state index contributed by atoms with van der Waals surface area (Å²) in [6, 6.07) is 2.21. The molecule has 160 valence electrons. The van der Waals surface area contributed by atoms with Gasteiger partial charge in [-0.25, -0.2) is 14.6 Å². The Labute approximate surface area is 170 Å². The summed E-state index contributed by atoms with van der Waals surface area (Å²) in [7, 11) is 2.91. The van der Waals surface area contributed by atoms with E-state index in [1.807, 2.05) is 0 Å². The van der Waals surface area contributed by atoms with Crippen molar-refractivity contribution in [3.8, 4) is 0 Å².